The van der Waals surface area contributed by atoms with Gasteiger partial charge in [-0.3, -0.25) is 0 Å². The lowest BCUT2D eigenvalue weighted by Gasteiger charge is -2.28. The molecule has 110 valence electrons. The van der Waals surface area contributed by atoms with E-state index in [4.69, 9.17) is 23.2 Å². The predicted molar refractivity (Wildman–Crippen MR) is 83.0 cm³/mol. The Bertz CT molecular complexity index is 490. The van der Waals surface area contributed by atoms with Gasteiger partial charge in [-0.25, -0.2) is 8.42 Å². The third kappa shape index (κ3) is 3.85. The largest absolute Gasteiger partial charge is 0.252 e. The Kier molecular flexibility index (Phi) is 6.60. The van der Waals surface area contributed by atoms with Crippen LogP contribution in [0.5, 0.6) is 0 Å². The van der Waals surface area contributed by atoms with E-state index in [1.54, 1.807) is 13.0 Å². The summed E-state index contributed by atoms with van der Waals surface area (Å²) in [5.41, 5.74) is 0.792. The highest BCUT2D eigenvalue weighted by Crippen LogP contribution is 2.33. The van der Waals surface area contributed by atoms with Crippen molar-refractivity contribution in [2.45, 2.75) is 43.9 Å². The Labute approximate surface area is 129 Å². The van der Waals surface area contributed by atoms with Crippen molar-refractivity contribution in [3.63, 3.8) is 0 Å². The Morgan fingerprint density at radius 3 is 2.32 bits per heavy atom. The number of thiophene rings is 1. The fourth-order valence-electron chi connectivity index (χ4n) is 1.95. The Morgan fingerprint density at radius 2 is 1.95 bits per heavy atom. The van der Waals surface area contributed by atoms with E-state index in [1.165, 1.54) is 4.31 Å². The normalized spacial score (nSPS) is 12.6. The summed E-state index contributed by atoms with van der Waals surface area (Å²) in [5, 5.41) is 0. The van der Waals surface area contributed by atoms with Gasteiger partial charge >= 0.3 is 0 Å². The van der Waals surface area contributed by atoms with Gasteiger partial charge in [0.25, 0.3) is 10.0 Å². The van der Waals surface area contributed by atoms with Crippen LogP contribution in [0.4, 0.5) is 0 Å². The van der Waals surface area contributed by atoms with Crippen LogP contribution in [-0.4, -0.2) is 31.2 Å². The monoisotopic (exact) mass is 343 g/mol. The van der Waals surface area contributed by atoms with Gasteiger partial charge < -0.3 is 0 Å². The molecule has 1 heterocycles. The molecular weight excluding hydrogens is 325 g/mol. The van der Waals surface area contributed by atoms with E-state index in [9.17, 15) is 8.42 Å². The minimum absolute atomic E-state index is 0.0232. The van der Waals surface area contributed by atoms with Crippen molar-refractivity contribution < 1.29 is 8.42 Å². The molecule has 0 aliphatic rings. The molecule has 0 fully saturated rings. The van der Waals surface area contributed by atoms with Gasteiger partial charge in [0.2, 0.25) is 0 Å². The first-order chi connectivity index (χ1) is 8.88. The molecule has 0 saturated heterocycles. The van der Waals surface area contributed by atoms with Crippen molar-refractivity contribution in [1.29, 1.82) is 0 Å². The Morgan fingerprint density at radius 1 is 1.37 bits per heavy atom. The molecule has 3 nitrogen and oxygen atoms in total. The maximum Gasteiger partial charge on any atom is 0.252 e. The molecule has 0 bridgehead atoms. The lowest BCUT2D eigenvalue weighted by Crippen LogP contribution is -2.40. The van der Waals surface area contributed by atoms with Crippen LogP contribution in [0.15, 0.2) is 10.3 Å². The van der Waals surface area contributed by atoms with E-state index >= 15 is 0 Å². The molecule has 0 aliphatic heterocycles. The highest BCUT2D eigenvalue weighted by atomic mass is 35.5. The maximum atomic E-state index is 12.7. The molecule has 0 radical (unpaired) electrons. The van der Waals surface area contributed by atoms with Gasteiger partial charge in [-0.1, -0.05) is 25.4 Å². The number of nitrogens with zero attached hydrogens (tertiary/aromatic N) is 1. The van der Waals surface area contributed by atoms with Crippen LogP contribution in [0.25, 0.3) is 0 Å². The molecule has 19 heavy (non-hydrogen) atoms. The SMILES string of the molecule is CCC(CC)N(CCCl)S(=O)(=O)c1cc(C)c(Cl)s1. The van der Waals surface area contributed by atoms with Crippen LogP contribution in [0, 0.1) is 6.92 Å². The quantitative estimate of drug-likeness (QED) is 0.698. The van der Waals surface area contributed by atoms with E-state index in [2.05, 4.69) is 0 Å². The summed E-state index contributed by atoms with van der Waals surface area (Å²) >= 11 is 12.8. The molecule has 7 heteroatoms. The Balaban J connectivity index is 3.19. The lowest BCUT2D eigenvalue weighted by molar-refractivity contribution is 0.317. The van der Waals surface area contributed by atoms with Crippen molar-refractivity contribution in [2.75, 3.05) is 12.4 Å². The number of rotatable bonds is 7. The van der Waals surface area contributed by atoms with Crippen LogP contribution in [0.3, 0.4) is 0 Å². The van der Waals surface area contributed by atoms with Gasteiger partial charge in [-0.05, 0) is 31.4 Å². The summed E-state index contributed by atoms with van der Waals surface area (Å²) in [5.74, 6) is 0.286. The van der Waals surface area contributed by atoms with Crippen LogP contribution < -0.4 is 0 Å². The number of halogens is 2. The van der Waals surface area contributed by atoms with Crippen molar-refractivity contribution >= 4 is 44.6 Å². The second kappa shape index (κ2) is 7.27. The third-order valence-electron chi connectivity index (χ3n) is 3.05. The molecule has 0 spiro atoms. The van der Waals surface area contributed by atoms with Gasteiger partial charge in [-0.15, -0.1) is 22.9 Å². The first-order valence-electron chi connectivity index (χ1n) is 6.22. The first-order valence-corrected chi connectivity index (χ1v) is 9.39. The van der Waals surface area contributed by atoms with Gasteiger partial charge in [0.05, 0.1) is 4.34 Å². The van der Waals surface area contributed by atoms with E-state index in [-0.39, 0.29) is 11.9 Å². The molecule has 1 rings (SSSR count). The van der Waals surface area contributed by atoms with Crippen LogP contribution >= 0.6 is 34.5 Å². The lowest BCUT2D eigenvalue weighted by atomic mass is 10.2. The third-order valence-corrected chi connectivity index (χ3v) is 7.18. The van der Waals surface area contributed by atoms with Gasteiger partial charge in [-0.2, -0.15) is 4.31 Å². The summed E-state index contributed by atoms with van der Waals surface area (Å²) in [6.07, 6.45) is 1.54. The number of alkyl halides is 1. The topological polar surface area (TPSA) is 37.4 Å². The summed E-state index contributed by atoms with van der Waals surface area (Å²) in [7, 11) is -3.51. The molecule has 1 aromatic rings. The smallest absolute Gasteiger partial charge is 0.206 e. The highest BCUT2D eigenvalue weighted by molar-refractivity contribution is 7.91. The summed E-state index contributed by atoms with van der Waals surface area (Å²) in [6.45, 7) is 6.10. The molecule has 0 N–H and O–H groups in total. The van der Waals surface area contributed by atoms with Crippen LogP contribution in [0.1, 0.15) is 32.3 Å². The molecular formula is C12H19Cl2NO2S2. The van der Waals surface area contributed by atoms with Gasteiger partial charge in [0, 0.05) is 18.5 Å². The van der Waals surface area contributed by atoms with E-state index < -0.39 is 10.0 Å². The molecule has 0 atom stereocenters. The fourth-order valence-corrected chi connectivity index (χ4v) is 5.85. The van der Waals surface area contributed by atoms with Crippen molar-refractivity contribution in [3.8, 4) is 0 Å². The zero-order chi connectivity index (χ0) is 14.6. The van der Waals surface area contributed by atoms with Crippen molar-refractivity contribution in [2.24, 2.45) is 0 Å². The number of hydrogen-bond acceptors (Lipinski definition) is 3. The molecule has 0 saturated carbocycles. The maximum absolute atomic E-state index is 12.7. The Hall–Kier alpha value is 0.190. The first kappa shape index (κ1) is 17.2. The molecule has 0 amide bonds. The summed E-state index contributed by atoms with van der Waals surface area (Å²) in [6, 6.07) is 1.61. The summed E-state index contributed by atoms with van der Waals surface area (Å²) < 4.78 is 27.7. The van der Waals surface area contributed by atoms with E-state index in [1.807, 2.05) is 13.8 Å². The minimum atomic E-state index is -3.51. The number of aryl methyl sites for hydroxylation is 1. The zero-order valence-corrected chi connectivity index (χ0v) is 14.5. The number of hydrogen-bond donors (Lipinski definition) is 0. The van der Waals surface area contributed by atoms with E-state index in [0.29, 0.717) is 15.1 Å². The van der Waals surface area contributed by atoms with E-state index in [0.717, 1.165) is 29.7 Å². The zero-order valence-electron chi connectivity index (χ0n) is 11.3. The van der Waals surface area contributed by atoms with Crippen LogP contribution in [0.2, 0.25) is 4.34 Å². The van der Waals surface area contributed by atoms with Gasteiger partial charge in [0.1, 0.15) is 4.21 Å². The van der Waals surface area contributed by atoms with Gasteiger partial charge in [0.15, 0.2) is 0 Å². The standard InChI is InChI=1S/C12H19Cl2NO2S2/c1-4-10(5-2)15(7-6-13)19(16,17)11-8-9(3)12(14)18-11/h8,10H,4-7H2,1-3H3. The molecule has 0 aromatic carbocycles. The van der Waals surface area contributed by atoms with Crippen LogP contribution in [-0.2, 0) is 10.0 Å². The fraction of sp³-hybridized carbons (Fsp3) is 0.667. The molecule has 1 aromatic heterocycles. The second-order valence-electron chi connectivity index (χ2n) is 4.30. The predicted octanol–water partition coefficient (Wildman–Crippen LogP) is 4.13. The average molecular weight is 344 g/mol. The van der Waals surface area contributed by atoms with Crippen molar-refractivity contribution in [3.05, 3.63) is 16.0 Å². The molecule has 0 aliphatic carbocycles. The number of sulfonamides is 1. The minimum Gasteiger partial charge on any atom is -0.206 e. The second-order valence-corrected chi connectivity index (χ2v) is 8.45. The molecule has 0 unspecified atom stereocenters. The summed E-state index contributed by atoms with van der Waals surface area (Å²) in [4.78, 5) is 0. The highest BCUT2D eigenvalue weighted by Gasteiger charge is 2.30. The van der Waals surface area contributed by atoms with Crippen molar-refractivity contribution in [1.82, 2.24) is 4.31 Å². The average Bonchev–Trinajstić information content (AvgIpc) is 2.70.